The molecule has 2 N–H and O–H groups in total. The molecule has 12 nitrogen and oxygen atoms in total. The van der Waals surface area contributed by atoms with Crippen molar-refractivity contribution in [2.24, 2.45) is 7.05 Å². The summed E-state index contributed by atoms with van der Waals surface area (Å²) < 4.78 is 34.5. The van der Waals surface area contributed by atoms with Gasteiger partial charge in [0.1, 0.15) is 17.5 Å². The predicted molar refractivity (Wildman–Crippen MR) is 116 cm³/mol. The fourth-order valence-electron chi connectivity index (χ4n) is 2.72. The lowest BCUT2D eigenvalue weighted by molar-refractivity contribution is -0.147. The Morgan fingerprint density at radius 2 is 1.97 bits per heavy atom. The molecule has 0 bridgehead atoms. The summed E-state index contributed by atoms with van der Waals surface area (Å²) in [5.74, 6) is -0.790. The summed E-state index contributed by atoms with van der Waals surface area (Å²) in [5.41, 5.74) is 0.763. The van der Waals surface area contributed by atoms with E-state index in [0.717, 1.165) is 0 Å². The van der Waals surface area contributed by atoms with E-state index < -0.39 is 28.5 Å². The quantitative estimate of drug-likeness (QED) is 0.430. The molecular weight excluding hydrogens is 450 g/mol. The molecule has 0 saturated heterocycles. The number of nitrogens with one attached hydrogen (secondary N) is 2. The number of carbonyl (C=O) groups is 2. The van der Waals surface area contributed by atoms with Crippen LogP contribution in [0.5, 0.6) is 0 Å². The lowest BCUT2D eigenvalue weighted by Crippen LogP contribution is -2.28. The number of rotatable bonds is 9. The first-order valence-corrected chi connectivity index (χ1v) is 11.2. The second-order valence-corrected chi connectivity index (χ2v) is 8.57. The van der Waals surface area contributed by atoms with Crippen LogP contribution in [-0.2, 0) is 31.4 Å². The van der Waals surface area contributed by atoms with Crippen molar-refractivity contribution in [1.29, 1.82) is 5.26 Å². The van der Waals surface area contributed by atoms with Crippen LogP contribution < -0.4 is 10.0 Å². The highest BCUT2D eigenvalue weighted by Gasteiger charge is 2.19. The molecule has 0 aliphatic rings. The van der Waals surface area contributed by atoms with Gasteiger partial charge in [-0.2, -0.15) is 10.4 Å². The number of esters is 1. The van der Waals surface area contributed by atoms with Gasteiger partial charge in [0.25, 0.3) is 15.9 Å². The molecule has 0 aliphatic carbocycles. The van der Waals surface area contributed by atoms with E-state index in [4.69, 9.17) is 4.74 Å². The number of sulfonamides is 1. The number of nitrogens with zero attached hydrogens (tertiary/aromatic N) is 5. The number of amides is 1. The summed E-state index contributed by atoms with van der Waals surface area (Å²) in [4.78, 5) is 28.1. The predicted octanol–water partition coefficient (Wildman–Crippen LogP) is 0.636. The summed E-state index contributed by atoms with van der Waals surface area (Å²) in [6, 6.07) is 10.8. The van der Waals surface area contributed by atoms with Crippen molar-refractivity contribution in [2.45, 2.75) is 18.4 Å². The third-order valence-electron chi connectivity index (χ3n) is 4.50. The Morgan fingerprint density at radius 1 is 1.24 bits per heavy atom. The molecule has 0 aliphatic heterocycles. The molecule has 0 atom stereocenters. The monoisotopic (exact) mass is 471 g/mol. The van der Waals surface area contributed by atoms with Crippen LogP contribution in [0.3, 0.4) is 0 Å². The number of aromatic nitrogens is 4. The minimum atomic E-state index is -3.87. The molecule has 1 amide bonds. The number of hydrogen-bond acceptors (Lipinski definition) is 8. The standard InChI is InChI=1S/C20H21N7O5S/c1-14-24-18(12-26(14)2)33(30,31)23-9-8-19(29)32-13-17(28)25-20-15(10-21)11-22-27(20)16-6-4-3-5-7-16/h3-7,11-12,23H,8-9,13H2,1-2H3,(H,25,28). The Labute approximate surface area is 189 Å². The van der Waals surface area contributed by atoms with Gasteiger partial charge in [-0.1, -0.05) is 18.2 Å². The topological polar surface area (TPSA) is 161 Å². The molecule has 3 aromatic rings. The zero-order valence-corrected chi connectivity index (χ0v) is 18.7. The highest BCUT2D eigenvalue weighted by Crippen LogP contribution is 2.19. The van der Waals surface area contributed by atoms with Gasteiger partial charge in [0.2, 0.25) is 0 Å². The van der Waals surface area contributed by atoms with Crippen molar-refractivity contribution in [1.82, 2.24) is 24.1 Å². The Kier molecular flexibility index (Phi) is 7.21. The van der Waals surface area contributed by atoms with Crippen LogP contribution in [0.25, 0.3) is 5.69 Å². The molecular formula is C20H21N7O5S. The van der Waals surface area contributed by atoms with Gasteiger partial charge in [-0.3, -0.25) is 9.59 Å². The summed E-state index contributed by atoms with van der Waals surface area (Å²) >= 11 is 0. The third kappa shape index (κ3) is 5.82. The van der Waals surface area contributed by atoms with E-state index in [0.29, 0.717) is 11.5 Å². The molecule has 2 heterocycles. The summed E-state index contributed by atoms with van der Waals surface area (Å²) in [6.07, 6.45) is 2.38. The number of imidazole rings is 1. The van der Waals surface area contributed by atoms with Gasteiger partial charge in [-0.15, -0.1) is 0 Å². The average molecular weight is 471 g/mol. The van der Waals surface area contributed by atoms with Gasteiger partial charge in [0.15, 0.2) is 17.5 Å². The van der Waals surface area contributed by atoms with Crippen molar-refractivity contribution in [2.75, 3.05) is 18.5 Å². The number of para-hydroxylation sites is 1. The fourth-order valence-corrected chi connectivity index (χ4v) is 3.79. The van der Waals surface area contributed by atoms with Crippen LogP contribution in [-0.4, -0.2) is 52.8 Å². The molecule has 33 heavy (non-hydrogen) atoms. The molecule has 0 saturated carbocycles. The minimum absolute atomic E-state index is 0.137. The van der Waals surface area contributed by atoms with Gasteiger partial charge < -0.3 is 14.6 Å². The van der Waals surface area contributed by atoms with Gasteiger partial charge >= 0.3 is 5.97 Å². The SMILES string of the molecule is Cc1nc(S(=O)(=O)NCCC(=O)OCC(=O)Nc2c(C#N)cnn2-c2ccccc2)cn1C. The normalized spacial score (nSPS) is 11.1. The van der Waals surface area contributed by atoms with Crippen LogP contribution in [0.1, 0.15) is 17.8 Å². The maximum atomic E-state index is 12.3. The second kappa shape index (κ2) is 10.1. The molecule has 172 valence electrons. The number of hydrogen-bond donors (Lipinski definition) is 2. The number of benzene rings is 1. The van der Waals surface area contributed by atoms with Gasteiger partial charge in [-0.05, 0) is 19.1 Å². The van der Waals surface area contributed by atoms with Gasteiger partial charge in [0.05, 0.1) is 18.3 Å². The molecule has 0 unspecified atom stereocenters. The lowest BCUT2D eigenvalue weighted by atomic mass is 10.3. The Hall–Kier alpha value is -4.02. The Morgan fingerprint density at radius 3 is 2.61 bits per heavy atom. The Bertz CT molecular complexity index is 1290. The van der Waals surface area contributed by atoms with Crippen molar-refractivity contribution >= 4 is 27.7 Å². The number of anilines is 1. The molecule has 13 heteroatoms. The summed E-state index contributed by atoms with van der Waals surface area (Å²) in [7, 11) is -2.21. The lowest BCUT2D eigenvalue weighted by Gasteiger charge is -2.10. The first kappa shape index (κ1) is 23.6. The maximum Gasteiger partial charge on any atom is 0.307 e. The van der Waals surface area contributed by atoms with Crippen LogP contribution in [0.15, 0.2) is 47.8 Å². The largest absolute Gasteiger partial charge is 0.456 e. The molecule has 2 aromatic heterocycles. The van der Waals surface area contributed by atoms with Crippen molar-refractivity contribution in [3.63, 3.8) is 0 Å². The van der Waals surface area contributed by atoms with E-state index in [1.165, 1.54) is 17.1 Å². The fraction of sp³-hybridized carbons (Fsp3) is 0.250. The third-order valence-corrected chi connectivity index (χ3v) is 5.83. The van der Waals surface area contributed by atoms with Gasteiger partial charge in [0, 0.05) is 19.8 Å². The second-order valence-electron chi connectivity index (χ2n) is 6.86. The minimum Gasteiger partial charge on any atom is -0.456 e. The Balaban J connectivity index is 1.51. The number of ether oxygens (including phenoxy) is 1. The molecule has 0 fully saturated rings. The molecule has 0 spiro atoms. The number of carbonyl (C=O) groups excluding carboxylic acids is 2. The van der Waals surface area contributed by atoms with Crippen molar-refractivity contribution in [3.05, 3.63) is 54.1 Å². The van der Waals surface area contributed by atoms with Crippen LogP contribution in [0, 0.1) is 18.3 Å². The van der Waals surface area contributed by atoms with Crippen molar-refractivity contribution < 1.29 is 22.7 Å². The zero-order valence-electron chi connectivity index (χ0n) is 17.8. The first-order valence-electron chi connectivity index (χ1n) is 9.70. The van der Waals surface area contributed by atoms with Gasteiger partial charge in [-0.25, -0.2) is 22.8 Å². The zero-order chi connectivity index (χ0) is 24.0. The molecule has 0 radical (unpaired) electrons. The average Bonchev–Trinajstić information content (AvgIpc) is 3.35. The highest BCUT2D eigenvalue weighted by molar-refractivity contribution is 7.89. The summed E-state index contributed by atoms with van der Waals surface area (Å²) in [6.45, 7) is 0.821. The number of nitriles is 1. The van der Waals surface area contributed by atoms with E-state index in [1.54, 1.807) is 42.8 Å². The van der Waals surface area contributed by atoms with E-state index in [2.05, 4.69) is 20.1 Å². The first-order chi connectivity index (χ1) is 15.7. The van der Waals surface area contributed by atoms with E-state index in [1.807, 2.05) is 12.1 Å². The molecule has 1 aromatic carbocycles. The maximum absolute atomic E-state index is 12.3. The van der Waals surface area contributed by atoms with Crippen LogP contribution in [0.4, 0.5) is 5.82 Å². The number of aryl methyl sites for hydroxylation is 2. The summed E-state index contributed by atoms with van der Waals surface area (Å²) in [5, 5.41) is 15.7. The smallest absolute Gasteiger partial charge is 0.307 e. The van der Waals surface area contributed by atoms with Crippen molar-refractivity contribution in [3.8, 4) is 11.8 Å². The highest BCUT2D eigenvalue weighted by atomic mass is 32.2. The molecule has 3 rings (SSSR count). The van der Waals surface area contributed by atoms with Crippen LogP contribution >= 0.6 is 0 Å². The van der Waals surface area contributed by atoms with Crippen LogP contribution in [0.2, 0.25) is 0 Å². The van der Waals surface area contributed by atoms with E-state index >= 15 is 0 Å². The van der Waals surface area contributed by atoms with E-state index in [9.17, 15) is 23.3 Å². The van der Waals surface area contributed by atoms with E-state index in [-0.39, 0.29) is 29.4 Å².